The Hall–Kier alpha value is -3.12. The number of aryl methyl sites for hydroxylation is 2. The van der Waals surface area contributed by atoms with Crippen molar-refractivity contribution in [2.24, 2.45) is 0 Å². The van der Waals surface area contributed by atoms with Crippen LogP contribution in [0.15, 0.2) is 48.0 Å². The van der Waals surface area contributed by atoms with E-state index in [2.05, 4.69) is 0 Å². The second kappa shape index (κ2) is 8.49. The number of ether oxygens (including phenoxy) is 2. The lowest BCUT2D eigenvalue weighted by Gasteiger charge is -2.25. The maximum absolute atomic E-state index is 12.9. The first-order valence-electron chi connectivity index (χ1n) is 9.38. The normalized spacial score (nSPS) is 18.3. The molecule has 0 radical (unpaired) electrons. The first-order valence-corrected chi connectivity index (χ1v) is 9.38. The van der Waals surface area contributed by atoms with E-state index in [9.17, 15) is 14.7 Å². The Morgan fingerprint density at radius 3 is 2.34 bits per heavy atom. The Labute approximate surface area is 170 Å². The Morgan fingerprint density at radius 1 is 1.07 bits per heavy atom. The number of methoxy groups -OCH3 is 2. The molecule has 1 amide bonds. The highest BCUT2D eigenvalue weighted by Gasteiger charge is 2.45. The average molecular weight is 395 g/mol. The highest BCUT2D eigenvalue weighted by atomic mass is 16.5. The zero-order chi connectivity index (χ0) is 21.1. The highest BCUT2D eigenvalue weighted by Crippen LogP contribution is 2.39. The fourth-order valence-corrected chi connectivity index (χ4v) is 3.58. The van der Waals surface area contributed by atoms with Crippen molar-refractivity contribution in [3.63, 3.8) is 0 Å². The predicted octanol–water partition coefficient (Wildman–Crippen LogP) is 3.38. The van der Waals surface area contributed by atoms with E-state index < -0.39 is 17.7 Å². The van der Waals surface area contributed by atoms with Gasteiger partial charge in [-0.1, -0.05) is 29.8 Å². The van der Waals surface area contributed by atoms with Crippen molar-refractivity contribution in [2.45, 2.75) is 19.9 Å². The van der Waals surface area contributed by atoms with Crippen LogP contribution in [0.4, 0.5) is 0 Å². The maximum Gasteiger partial charge on any atom is 0.295 e. The fraction of sp³-hybridized carbons (Fsp3) is 0.304. The van der Waals surface area contributed by atoms with Crippen molar-refractivity contribution in [3.8, 4) is 5.75 Å². The van der Waals surface area contributed by atoms with Crippen molar-refractivity contribution in [1.82, 2.24) is 4.90 Å². The van der Waals surface area contributed by atoms with Gasteiger partial charge in [0, 0.05) is 19.2 Å². The number of benzene rings is 2. The van der Waals surface area contributed by atoms with Crippen LogP contribution in [-0.2, 0) is 14.3 Å². The van der Waals surface area contributed by atoms with E-state index in [1.54, 1.807) is 25.3 Å². The molecule has 1 heterocycles. The van der Waals surface area contributed by atoms with Crippen molar-refractivity contribution in [2.75, 3.05) is 27.4 Å². The number of ketones is 1. The summed E-state index contributed by atoms with van der Waals surface area (Å²) in [5.74, 6) is -0.853. The van der Waals surface area contributed by atoms with Gasteiger partial charge in [-0.05, 0) is 43.2 Å². The molecule has 0 aromatic heterocycles. The summed E-state index contributed by atoms with van der Waals surface area (Å²) < 4.78 is 10.4. The van der Waals surface area contributed by atoms with Crippen LogP contribution in [0.2, 0.25) is 0 Å². The van der Waals surface area contributed by atoms with Gasteiger partial charge in [0.25, 0.3) is 11.7 Å². The first kappa shape index (κ1) is 20.6. The van der Waals surface area contributed by atoms with Crippen LogP contribution in [0.3, 0.4) is 0 Å². The predicted molar refractivity (Wildman–Crippen MR) is 110 cm³/mol. The molecule has 0 saturated carbocycles. The van der Waals surface area contributed by atoms with Gasteiger partial charge in [-0.15, -0.1) is 0 Å². The third-order valence-corrected chi connectivity index (χ3v) is 5.14. The first-order chi connectivity index (χ1) is 13.9. The zero-order valence-electron chi connectivity index (χ0n) is 17.1. The number of aliphatic hydroxyl groups is 1. The molecular formula is C23H25NO5. The molecule has 6 heteroatoms. The van der Waals surface area contributed by atoms with Gasteiger partial charge in [0.05, 0.1) is 25.3 Å². The van der Waals surface area contributed by atoms with E-state index in [0.29, 0.717) is 11.3 Å². The summed E-state index contributed by atoms with van der Waals surface area (Å²) in [6, 6.07) is 12.1. The van der Waals surface area contributed by atoms with Crippen LogP contribution in [0.1, 0.15) is 28.3 Å². The molecule has 1 unspecified atom stereocenters. The molecule has 1 N–H and O–H groups in total. The largest absolute Gasteiger partial charge is 0.507 e. The molecule has 1 saturated heterocycles. The minimum absolute atomic E-state index is 0.0829. The molecule has 6 nitrogen and oxygen atoms in total. The van der Waals surface area contributed by atoms with Crippen LogP contribution in [0, 0.1) is 13.8 Å². The molecule has 0 bridgehead atoms. The molecule has 29 heavy (non-hydrogen) atoms. The molecule has 1 fully saturated rings. The minimum Gasteiger partial charge on any atom is -0.507 e. The molecule has 0 spiro atoms. The zero-order valence-corrected chi connectivity index (χ0v) is 17.1. The molecular weight excluding hydrogens is 370 g/mol. The van der Waals surface area contributed by atoms with Crippen molar-refractivity contribution in [3.05, 3.63) is 70.3 Å². The standard InChI is InChI=1S/C23H25NO5/c1-14-5-7-16(8-6-14)20-19(22(26)23(27)24(20)11-12-28-3)21(25)17-9-10-18(29-4)15(2)13-17/h5-10,13,20,25H,11-12H2,1-4H3/b21-19+. The lowest BCUT2D eigenvalue weighted by atomic mass is 9.94. The summed E-state index contributed by atoms with van der Waals surface area (Å²) in [6.45, 7) is 4.35. The highest BCUT2D eigenvalue weighted by molar-refractivity contribution is 6.46. The quantitative estimate of drug-likeness (QED) is 0.461. The molecule has 3 rings (SSSR count). The second-order valence-electron chi connectivity index (χ2n) is 7.08. The smallest absolute Gasteiger partial charge is 0.295 e. The number of hydrogen-bond donors (Lipinski definition) is 1. The van der Waals surface area contributed by atoms with Crippen LogP contribution < -0.4 is 4.74 Å². The number of nitrogens with zero attached hydrogens (tertiary/aromatic N) is 1. The van der Waals surface area contributed by atoms with Crippen molar-refractivity contribution in [1.29, 1.82) is 0 Å². The molecule has 1 aliphatic heterocycles. The van der Waals surface area contributed by atoms with Crippen LogP contribution in [0.25, 0.3) is 5.76 Å². The molecule has 2 aromatic carbocycles. The van der Waals surface area contributed by atoms with E-state index >= 15 is 0 Å². The molecule has 1 aliphatic rings. The van der Waals surface area contributed by atoms with E-state index in [4.69, 9.17) is 9.47 Å². The van der Waals surface area contributed by atoms with Gasteiger partial charge in [-0.2, -0.15) is 0 Å². The van der Waals surface area contributed by atoms with E-state index in [1.807, 2.05) is 38.1 Å². The van der Waals surface area contributed by atoms with Gasteiger partial charge in [0.1, 0.15) is 11.5 Å². The Morgan fingerprint density at radius 2 is 1.76 bits per heavy atom. The number of Topliss-reactive ketones (excluding diaryl/α,β-unsaturated/α-hetero) is 1. The topological polar surface area (TPSA) is 76.1 Å². The van der Waals surface area contributed by atoms with Gasteiger partial charge in [0.2, 0.25) is 0 Å². The summed E-state index contributed by atoms with van der Waals surface area (Å²) >= 11 is 0. The number of rotatable bonds is 6. The summed E-state index contributed by atoms with van der Waals surface area (Å²) in [5, 5.41) is 11.0. The molecule has 1 atom stereocenters. The molecule has 0 aliphatic carbocycles. The summed E-state index contributed by atoms with van der Waals surface area (Å²) in [7, 11) is 3.11. The number of likely N-dealkylation sites (tertiary alicyclic amines) is 1. The number of carbonyl (C=O) groups excluding carboxylic acids is 2. The van der Waals surface area contributed by atoms with Gasteiger partial charge in [0.15, 0.2) is 0 Å². The van der Waals surface area contributed by atoms with Gasteiger partial charge >= 0.3 is 0 Å². The minimum atomic E-state index is -0.697. The maximum atomic E-state index is 12.9. The van der Waals surface area contributed by atoms with Gasteiger partial charge in [-0.25, -0.2) is 0 Å². The number of hydrogen-bond acceptors (Lipinski definition) is 5. The SMILES string of the molecule is COCCN1C(=O)C(=O)/C(=C(/O)c2ccc(OC)c(C)c2)C1c1ccc(C)cc1. The summed E-state index contributed by atoms with van der Waals surface area (Å²) in [6.07, 6.45) is 0. The van der Waals surface area contributed by atoms with Gasteiger partial charge in [-0.3, -0.25) is 9.59 Å². The third kappa shape index (κ3) is 3.89. The van der Waals surface area contributed by atoms with Crippen molar-refractivity contribution >= 4 is 17.4 Å². The van der Waals surface area contributed by atoms with Crippen LogP contribution in [-0.4, -0.2) is 49.1 Å². The van der Waals surface area contributed by atoms with E-state index in [0.717, 1.165) is 16.7 Å². The lowest BCUT2D eigenvalue weighted by Crippen LogP contribution is -2.32. The Bertz CT molecular complexity index is 962. The number of amides is 1. The molecule has 2 aromatic rings. The monoisotopic (exact) mass is 395 g/mol. The Kier molecular flexibility index (Phi) is 6.03. The number of aliphatic hydroxyl groups excluding tert-OH is 1. The van der Waals surface area contributed by atoms with Gasteiger partial charge < -0.3 is 19.5 Å². The second-order valence-corrected chi connectivity index (χ2v) is 7.08. The molecule has 152 valence electrons. The fourth-order valence-electron chi connectivity index (χ4n) is 3.58. The average Bonchev–Trinajstić information content (AvgIpc) is 2.96. The van der Waals surface area contributed by atoms with Crippen molar-refractivity contribution < 1.29 is 24.2 Å². The van der Waals surface area contributed by atoms with E-state index in [-0.39, 0.29) is 24.5 Å². The summed E-state index contributed by atoms with van der Waals surface area (Å²) in [5.41, 5.74) is 3.19. The van der Waals surface area contributed by atoms with Crippen LogP contribution >= 0.6 is 0 Å². The summed E-state index contributed by atoms with van der Waals surface area (Å²) in [4.78, 5) is 27.1. The number of carbonyl (C=O) groups is 2. The lowest BCUT2D eigenvalue weighted by molar-refractivity contribution is -0.140. The van der Waals surface area contributed by atoms with Crippen LogP contribution in [0.5, 0.6) is 5.75 Å². The Balaban J connectivity index is 2.15. The third-order valence-electron chi connectivity index (χ3n) is 5.14. The van der Waals surface area contributed by atoms with E-state index in [1.165, 1.54) is 12.0 Å².